The third-order valence-electron chi connectivity index (χ3n) is 8.06. The fraction of sp³-hybridized carbons (Fsp3) is 0.406. The maximum Gasteiger partial charge on any atom is 0.255 e. The molecule has 39 heavy (non-hydrogen) atoms. The molecule has 0 aliphatic carbocycles. The molecule has 0 fully saturated rings. The van der Waals surface area contributed by atoms with Gasteiger partial charge in [0.15, 0.2) is 0 Å². The molecule has 0 atom stereocenters. The fourth-order valence-electron chi connectivity index (χ4n) is 4.60. The Morgan fingerprint density at radius 1 is 0.949 bits per heavy atom. The van der Waals surface area contributed by atoms with Crippen LogP contribution in [-0.2, 0) is 10.8 Å². The number of nitrogens with zero attached hydrogens (tertiary/aromatic N) is 3. The highest BCUT2D eigenvalue weighted by molar-refractivity contribution is 6.06. The third kappa shape index (κ3) is 5.92. The molecule has 2 N–H and O–H groups in total. The van der Waals surface area contributed by atoms with Crippen LogP contribution in [0.25, 0.3) is 16.5 Å². The first-order chi connectivity index (χ1) is 18.6. The number of hydrogen-bond acceptors (Lipinski definition) is 5. The number of rotatable bonds is 11. The van der Waals surface area contributed by atoms with E-state index in [4.69, 9.17) is 4.74 Å². The number of ether oxygens (including phenoxy) is 1. The van der Waals surface area contributed by atoms with Gasteiger partial charge in [-0.2, -0.15) is 0 Å². The predicted molar refractivity (Wildman–Crippen MR) is 156 cm³/mol. The topological polar surface area (TPSA) is 89.3 Å². The maximum atomic E-state index is 13.1. The van der Waals surface area contributed by atoms with Crippen LogP contribution in [0.15, 0.2) is 61.2 Å². The summed E-state index contributed by atoms with van der Waals surface area (Å²) in [6, 6.07) is 15.7. The van der Waals surface area contributed by atoms with Crippen LogP contribution in [0.5, 0.6) is 11.5 Å². The first-order valence-electron chi connectivity index (χ1n) is 13.7. The van der Waals surface area contributed by atoms with Crippen molar-refractivity contribution in [3.63, 3.8) is 0 Å². The van der Waals surface area contributed by atoms with Gasteiger partial charge in [0.1, 0.15) is 24.2 Å². The monoisotopic (exact) mass is 528 g/mol. The summed E-state index contributed by atoms with van der Waals surface area (Å²) >= 11 is 0. The van der Waals surface area contributed by atoms with Crippen molar-refractivity contribution in [3.05, 3.63) is 77.9 Å². The average Bonchev–Trinajstić information content (AvgIpc) is 3.48. The standard InChI is InChI=1S/C32H40N4O3/c1-7-31(3,4)22-14-15-28(26(18-22)32(5,6)8-2)39-17-11-16-33-30(38)25-19-27(36-20-34-35-21-36)23-12-9-10-13-24(23)29(25)37/h9-10,12-15,18-21,37H,7-8,11,16-17H2,1-6H3,(H,33,38). The van der Waals surface area contributed by atoms with Crippen molar-refractivity contribution in [2.75, 3.05) is 13.2 Å². The van der Waals surface area contributed by atoms with Gasteiger partial charge in [0, 0.05) is 22.9 Å². The summed E-state index contributed by atoms with van der Waals surface area (Å²) in [6.07, 6.45) is 5.84. The molecule has 0 bridgehead atoms. The van der Waals surface area contributed by atoms with Crippen molar-refractivity contribution in [2.24, 2.45) is 0 Å². The Balaban J connectivity index is 1.45. The van der Waals surface area contributed by atoms with Crippen molar-refractivity contribution in [1.82, 2.24) is 20.1 Å². The molecule has 7 nitrogen and oxygen atoms in total. The van der Waals surface area contributed by atoms with E-state index in [0.29, 0.717) is 25.0 Å². The summed E-state index contributed by atoms with van der Waals surface area (Å²) in [5.74, 6) is 0.513. The number of phenols is 1. The fourth-order valence-corrected chi connectivity index (χ4v) is 4.60. The predicted octanol–water partition coefficient (Wildman–Crippen LogP) is 6.70. The summed E-state index contributed by atoms with van der Waals surface area (Å²) in [4.78, 5) is 13.1. The van der Waals surface area contributed by atoms with Crippen molar-refractivity contribution in [2.45, 2.75) is 71.6 Å². The Hall–Kier alpha value is -3.87. The molecule has 0 aliphatic heterocycles. The third-order valence-corrected chi connectivity index (χ3v) is 8.06. The molecule has 1 heterocycles. The molecule has 3 aromatic carbocycles. The van der Waals surface area contributed by atoms with Crippen LogP contribution in [-0.4, -0.2) is 38.9 Å². The lowest BCUT2D eigenvalue weighted by Crippen LogP contribution is -2.26. The second-order valence-corrected chi connectivity index (χ2v) is 11.4. The van der Waals surface area contributed by atoms with Gasteiger partial charge in [0.05, 0.1) is 17.9 Å². The summed E-state index contributed by atoms with van der Waals surface area (Å²) in [5.41, 5.74) is 3.56. The molecule has 1 aromatic heterocycles. The smallest absolute Gasteiger partial charge is 0.255 e. The van der Waals surface area contributed by atoms with Crippen molar-refractivity contribution in [3.8, 4) is 17.2 Å². The molecule has 0 saturated carbocycles. The van der Waals surface area contributed by atoms with Crippen LogP contribution in [0.4, 0.5) is 0 Å². The molecule has 4 rings (SSSR count). The van der Waals surface area contributed by atoms with Gasteiger partial charge in [0.2, 0.25) is 0 Å². The van der Waals surface area contributed by atoms with Gasteiger partial charge in [-0.05, 0) is 47.8 Å². The number of nitrogens with one attached hydrogen (secondary N) is 1. The lowest BCUT2D eigenvalue weighted by Gasteiger charge is -2.30. The number of hydrogen-bond donors (Lipinski definition) is 2. The van der Waals surface area contributed by atoms with Crippen LogP contribution in [0.1, 0.15) is 82.3 Å². The minimum Gasteiger partial charge on any atom is -0.506 e. The van der Waals surface area contributed by atoms with E-state index >= 15 is 0 Å². The maximum absolute atomic E-state index is 13.1. The normalized spacial score (nSPS) is 12.1. The summed E-state index contributed by atoms with van der Waals surface area (Å²) in [5, 5.41) is 23.0. The Morgan fingerprint density at radius 3 is 2.28 bits per heavy atom. The lowest BCUT2D eigenvalue weighted by molar-refractivity contribution is 0.0949. The number of fused-ring (bicyclic) bond motifs is 1. The molecule has 0 aliphatic rings. The van der Waals surface area contributed by atoms with Gasteiger partial charge >= 0.3 is 0 Å². The van der Waals surface area contributed by atoms with E-state index in [1.807, 2.05) is 18.2 Å². The van der Waals surface area contributed by atoms with E-state index in [1.165, 1.54) is 11.1 Å². The quantitative estimate of drug-likeness (QED) is 0.211. The molecule has 0 spiro atoms. The van der Waals surface area contributed by atoms with E-state index in [9.17, 15) is 9.90 Å². The molecule has 206 valence electrons. The first-order valence-corrected chi connectivity index (χ1v) is 13.7. The number of amides is 1. The molecule has 4 aromatic rings. The van der Waals surface area contributed by atoms with Gasteiger partial charge in [0.25, 0.3) is 5.91 Å². The van der Waals surface area contributed by atoms with Crippen LogP contribution in [0.2, 0.25) is 0 Å². The van der Waals surface area contributed by atoms with Crippen LogP contribution in [0, 0.1) is 0 Å². The second-order valence-electron chi connectivity index (χ2n) is 11.4. The van der Waals surface area contributed by atoms with Crippen LogP contribution in [0.3, 0.4) is 0 Å². The molecular weight excluding hydrogens is 488 g/mol. The molecular formula is C32H40N4O3. The molecule has 1 amide bonds. The number of aromatic nitrogens is 3. The van der Waals surface area contributed by atoms with E-state index in [2.05, 4.69) is 75.3 Å². The average molecular weight is 529 g/mol. The SMILES string of the molecule is CCC(C)(C)c1ccc(OCCCNC(=O)c2cc(-n3cnnc3)c3ccccc3c2O)c(C(C)(C)CC)c1. The Morgan fingerprint density at radius 2 is 1.62 bits per heavy atom. The number of carbonyl (C=O) groups excluding carboxylic acids is 1. The van der Waals surface area contributed by atoms with Crippen molar-refractivity contribution < 1.29 is 14.6 Å². The molecule has 7 heteroatoms. The minimum absolute atomic E-state index is 0.0144. The van der Waals surface area contributed by atoms with Crippen LogP contribution < -0.4 is 10.1 Å². The zero-order valence-electron chi connectivity index (χ0n) is 23.9. The Kier molecular flexibility index (Phi) is 8.28. The van der Waals surface area contributed by atoms with Gasteiger partial charge in [-0.1, -0.05) is 77.9 Å². The zero-order valence-corrected chi connectivity index (χ0v) is 23.9. The number of aromatic hydroxyl groups is 1. The van der Waals surface area contributed by atoms with E-state index in [0.717, 1.165) is 29.7 Å². The highest BCUT2D eigenvalue weighted by atomic mass is 16.5. The van der Waals surface area contributed by atoms with Gasteiger partial charge in [-0.25, -0.2) is 0 Å². The highest BCUT2D eigenvalue weighted by Gasteiger charge is 2.26. The number of phenolic OH excluding ortho intramolecular Hbond substituents is 1. The Bertz CT molecular complexity index is 1440. The van der Waals surface area contributed by atoms with Gasteiger partial charge < -0.3 is 15.2 Å². The van der Waals surface area contributed by atoms with E-state index < -0.39 is 0 Å². The molecule has 0 radical (unpaired) electrons. The number of benzene rings is 3. The summed E-state index contributed by atoms with van der Waals surface area (Å²) in [7, 11) is 0. The van der Waals surface area contributed by atoms with Crippen LogP contribution >= 0.6 is 0 Å². The Labute approximate surface area is 231 Å². The number of carbonyl (C=O) groups is 1. The summed E-state index contributed by atoms with van der Waals surface area (Å²) < 4.78 is 7.98. The highest BCUT2D eigenvalue weighted by Crippen LogP contribution is 2.38. The zero-order chi connectivity index (χ0) is 28.2. The second kappa shape index (κ2) is 11.5. The molecule has 0 saturated heterocycles. The molecule has 0 unspecified atom stereocenters. The summed E-state index contributed by atoms with van der Waals surface area (Å²) in [6.45, 7) is 14.4. The minimum atomic E-state index is -0.341. The first kappa shape index (κ1) is 28.1. The van der Waals surface area contributed by atoms with Gasteiger partial charge in [-0.15, -0.1) is 10.2 Å². The lowest BCUT2D eigenvalue weighted by atomic mass is 9.76. The largest absolute Gasteiger partial charge is 0.506 e. The van der Waals surface area contributed by atoms with Crippen molar-refractivity contribution in [1.29, 1.82) is 0 Å². The van der Waals surface area contributed by atoms with E-state index in [1.54, 1.807) is 29.4 Å². The van der Waals surface area contributed by atoms with Crippen molar-refractivity contribution >= 4 is 16.7 Å². The van der Waals surface area contributed by atoms with E-state index in [-0.39, 0.29) is 28.1 Å². The van der Waals surface area contributed by atoms with Gasteiger partial charge in [-0.3, -0.25) is 9.36 Å².